The van der Waals surface area contributed by atoms with Crippen LogP contribution < -0.4 is 0 Å². The minimum Gasteiger partial charge on any atom is -0.369 e. The Morgan fingerprint density at radius 3 is 2.48 bits per heavy atom. The Kier molecular flexibility index (Phi) is 6.48. The van der Waals surface area contributed by atoms with E-state index >= 15 is 0 Å². The minimum atomic E-state index is -0.183. The summed E-state index contributed by atoms with van der Waals surface area (Å²) in [6, 6.07) is 6.77. The molecule has 1 saturated carbocycles. The van der Waals surface area contributed by atoms with Gasteiger partial charge in [-0.3, -0.25) is 0 Å². The third-order valence-electron chi connectivity index (χ3n) is 4.68. The molecule has 4 unspecified atom stereocenters. The smallest absolute Gasteiger partial charge is 0.123 e. The van der Waals surface area contributed by atoms with Gasteiger partial charge in [-0.2, -0.15) is 0 Å². The molecule has 0 heterocycles. The average Bonchev–Trinajstić information content (AvgIpc) is 2.45. The molecule has 1 aromatic rings. The number of alkyl halides is 1. The monoisotopic (exact) mass is 404 g/mol. The summed E-state index contributed by atoms with van der Waals surface area (Å²) in [5.41, 5.74) is 1.09. The van der Waals surface area contributed by atoms with Gasteiger partial charge in [0.25, 0.3) is 0 Å². The van der Waals surface area contributed by atoms with Gasteiger partial charge in [0.2, 0.25) is 0 Å². The van der Waals surface area contributed by atoms with Crippen LogP contribution in [0.15, 0.2) is 24.3 Å². The summed E-state index contributed by atoms with van der Waals surface area (Å²) < 4.78 is 20.5. The zero-order valence-electron chi connectivity index (χ0n) is 13.2. The molecule has 0 saturated heterocycles. The Balaban J connectivity index is 2.09. The first kappa shape index (κ1) is 17.2. The molecule has 4 atom stereocenters. The molecule has 0 bridgehead atoms. The van der Waals surface area contributed by atoms with Crippen LogP contribution in [-0.2, 0) is 4.74 Å². The number of hydrogen-bond acceptors (Lipinski definition) is 1. The lowest BCUT2D eigenvalue weighted by molar-refractivity contribution is -0.0727. The summed E-state index contributed by atoms with van der Waals surface area (Å²) in [5, 5.41) is 0. The van der Waals surface area contributed by atoms with E-state index < -0.39 is 0 Å². The van der Waals surface area contributed by atoms with Crippen molar-refractivity contribution in [1.29, 1.82) is 0 Å². The Morgan fingerprint density at radius 1 is 1.24 bits per heavy atom. The normalized spacial score (nSPS) is 27.8. The maximum atomic E-state index is 13.1. The fourth-order valence-electron chi connectivity index (χ4n) is 3.36. The van der Waals surface area contributed by atoms with Crippen molar-refractivity contribution in [2.45, 2.75) is 52.2 Å². The summed E-state index contributed by atoms with van der Waals surface area (Å²) in [4.78, 5) is 0. The number of ether oxygens (including phenoxy) is 1. The molecule has 0 N–H and O–H groups in total. The number of rotatable bonds is 5. The maximum absolute atomic E-state index is 13.1. The average molecular weight is 404 g/mol. The molecular formula is C18H26FIO. The van der Waals surface area contributed by atoms with E-state index in [0.717, 1.165) is 22.3 Å². The van der Waals surface area contributed by atoms with Crippen LogP contribution in [0.4, 0.5) is 4.39 Å². The van der Waals surface area contributed by atoms with E-state index in [2.05, 4.69) is 43.4 Å². The van der Waals surface area contributed by atoms with E-state index in [1.807, 2.05) is 12.1 Å². The fraction of sp³-hybridized carbons (Fsp3) is 0.667. The molecule has 1 aliphatic rings. The van der Waals surface area contributed by atoms with Crippen molar-refractivity contribution in [3.8, 4) is 0 Å². The molecule has 0 radical (unpaired) electrons. The van der Waals surface area contributed by atoms with Crippen LogP contribution in [-0.4, -0.2) is 10.5 Å². The van der Waals surface area contributed by atoms with Crippen LogP contribution in [0.1, 0.15) is 51.7 Å². The van der Waals surface area contributed by atoms with E-state index in [4.69, 9.17) is 4.74 Å². The quantitative estimate of drug-likeness (QED) is 0.447. The van der Waals surface area contributed by atoms with Gasteiger partial charge in [-0.1, -0.05) is 61.9 Å². The molecule has 0 aromatic heterocycles. The molecule has 0 spiro atoms. The van der Waals surface area contributed by atoms with Crippen molar-refractivity contribution < 1.29 is 9.13 Å². The van der Waals surface area contributed by atoms with Crippen molar-refractivity contribution >= 4 is 22.6 Å². The highest BCUT2D eigenvalue weighted by atomic mass is 127. The highest BCUT2D eigenvalue weighted by molar-refractivity contribution is 14.1. The molecule has 1 aromatic carbocycles. The van der Waals surface area contributed by atoms with Gasteiger partial charge in [0.15, 0.2) is 0 Å². The predicted molar refractivity (Wildman–Crippen MR) is 94.2 cm³/mol. The molecule has 0 aliphatic heterocycles. The standard InChI is InChI=1S/C18H26FIO/c1-12(2)16-9-4-13(3)10-17(16)21-18(11-20)14-5-7-15(19)8-6-14/h5-8,12-13,16-18H,4,9-11H2,1-3H3. The number of halogens is 2. The summed E-state index contributed by atoms with van der Waals surface area (Å²) in [6.07, 6.45) is 4.13. The zero-order valence-corrected chi connectivity index (χ0v) is 15.3. The Bertz CT molecular complexity index is 431. The van der Waals surface area contributed by atoms with Crippen LogP contribution >= 0.6 is 22.6 Å². The molecule has 1 fully saturated rings. The topological polar surface area (TPSA) is 9.23 Å². The molecular weight excluding hydrogens is 378 g/mol. The molecule has 0 amide bonds. The van der Waals surface area contributed by atoms with Crippen LogP contribution in [0, 0.1) is 23.6 Å². The van der Waals surface area contributed by atoms with Gasteiger partial charge in [-0.05, 0) is 48.3 Å². The predicted octanol–water partition coefficient (Wildman–Crippen LogP) is 5.78. The number of hydrogen-bond donors (Lipinski definition) is 0. The van der Waals surface area contributed by atoms with Crippen LogP contribution in [0.25, 0.3) is 0 Å². The lowest BCUT2D eigenvalue weighted by Gasteiger charge is -2.39. The maximum Gasteiger partial charge on any atom is 0.123 e. The molecule has 1 nitrogen and oxygen atoms in total. The first-order valence-corrected chi connectivity index (χ1v) is 9.50. The zero-order chi connectivity index (χ0) is 15.4. The second-order valence-electron chi connectivity index (χ2n) is 6.70. The van der Waals surface area contributed by atoms with Gasteiger partial charge >= 0.3 is 0 Å². The fourth-order valence-corrected chi connectivity index (χ4v) is 4.08. The van der Waals surface area contributed by atoms with E-state index in [9.17, 15) is 4.39 Å². The minimum absolute atomic E-state index is 0.0720. The van der Waals surface area contributed by atoms with Crippen molar-refractivity contribution in [3.63, 3.8) is 0 Å². The van der Waals surface area contributed by atoms with E-state index in [-0.39, 0.29) is 11.9 Å². The van der Waals surface area contributed by atoms with Gasteiger partial charge in [0.05, 0.1) is 12.2 Å². The number of benzene rings is 1. The molecule has 21 heavy (non-hydrogen) atoms. The summed E-state index contributed by atoms with van der Waals surface area (Å²) >= 11 is 2.37. The van der Waals surface area contributed by atoms with E-state index in [1.165, 1.54) is 25.0 Å². The van der Waals surface area contributed by atoms with Crippen molar-refractivity contribution in [2.24, 2.45) is 17.8 Å². The first-order valence-electron chi connectivity index (χ1n) is 7.98. The largest absolute Gasteiger partial charge is 0.369 e. The lowest BCUT2D eigenvalue weighted by Crippen LogP contribution is -2.35. The van der Waals surface area contributed by atoms with Crippen LogP contribution in [0.5, 0.6) is 0 Å². The Morgan fingerprint density at radius 2 is 1.90 bits per heavy atom. The second kappa shape index (κ2) is 7.91. The highest BCUT2D eigenvalue weighted by Gasteiger charge is 2.33. The lowest BCUT2D eigenvalue weighted by atomic mass is 9.75. The summed E-state index contributed by atoms with van der Waals surface area (Å²) in [7, 11) is 0. The van der Waals surface area contributed by atoms with Crippen molar-refractivity contribution in [3.05, 3.63) is 35.6 Å². The van der Waals surface area contributed by atoms with Gasteiger partial charge < -0.3 is 4.74 Å². The molecule has 2 rings (SSSR count). The van der Waals surface area contributed by atoms with Crippen molar-refractivity contribution in [2.75, 3.05) is 4.43 Å². The van der Waals surface area contributed by atoms with E-state index in [0.29, 0.717) is 17.9 Å². The van der Waals surface area contributed by atoms with Crippen LogP contribution in [0.2, 0.25) is 0 Å². The third kappa shape index (κ3) is 4.65. The van der Waals surface area contributed by atoms with Crippen LogP contribution in [0.3, 0.4) is 0 Å². The van der Waals surface area contributed by atoms with Gasteiger partial charge in [0, 0.05) is 4.43 Å². The van der Waals surface area contributed by atoms with Gasteiger partial charge in [-0.25, -0.2) is 4.39 Å². The van der Waals surface area contributed by atoms with Crippen molar-refractivity contribution in [1.82, 2.24) is 0 Å². The Hall–Kier alpha value is -0.160. The second-order valence-corrected chi connectivity index (χ2v) is 7.58. The van der Waals surface area contributed by atoms with Gasteiger partial charge in [0.1, 0.15) is 5.82 Å². The summed E-state index contributed by atoms with van der Waals surface area (Å²) in [5.74, 6) is 1.86. The first-order chi connectivity index (χ1) is 10.0. The Labute approximate surface area is 141 Å². The van der Waals surface area contributed by atoms with Gasteiger partial charge in [-0.15, -0.1) is 0 Å². The van der Waals surface area contributed by atoms with E-state index in [1.54, 1.807) is 0 Å². The third-order valence-corrected chi connectivity index (χ3v) is 5.48. The summed E-state index contributed by atoms with van der Waals surface area (Å²) in [6.45, 7) is 6.92. The molecule has 3 heteroatoms. The highest BCUT2D eigenvalue weighted by Crippen LogP contribution is 2.38. The molecule has 1 aliphatic carbocycles. The molecule has 118 valence electrons. The SMILES string of the molecule is CC1CCC(C(C)C)C(OC(CI)c2ccc(F)cc2)C1.